The molecule has 2 rings (SSSR count). The van der Waals surface area contributed by atoms with Crippen molar-refractivity contribution in [3.05, 3.63) is 30.3 Å². The second-order valence-corrected chi connectivity index (χ2v) is 6.40. The van der Waals surface area contributed by atoms with Gasteiger partial charge in [0.05, 0.1) is 13.2 Å². The van der Waals surface area contributed by atoms with E-state index in [1.807, 2.05) is 18.2 Å². The summed E-state index contributed by atoms with van der Waals surface area (Å²) in [4.78, 5) is 28.0. The van der Waals surface area contributed by atoms with Gasteiger partial charge in [0.1, 0.15) is 12.1 Å². The average Bonchev–Trinajstić information content (AvgIpc) is 2.52. The van der Waals surface area contributed by atoms with Crippen molar-refractivity contribution in [3.8, 4) is 0 Å². The second kappa shape index (κ2) is 7.46. The number of rotatable bonds is 3. The summed E-state index contributed by atoms with van der Waals surface area (Å²) in [5.74, 6) is -0.108. The van der Waals surface area contributed by atoms with Crippen LogP contribution in [0.1, 0.15) is 20.8 Å². The summed E-state index contributed by atoms with van der Waals surface area (Å²) in [6, 6.07) is 9.09. The van der Waals surface area contributed by atoms with Crippen molar-refractivity contribution in [1.29, 1.82) is 0 Å². The molecule has 0 radical (unpaired) electrons. The molecule has 0 unspecified atom stereocenters. The van der Waals surface area contributed by atoms with Gasteiger partial charge < -0.3 is 14.4 Å². The topological polar surface area (TPSA) is 59.1 Å². The molecule has 0 aliphatic carbocycles. The zero-order valence-corrected chi connectivity index (χ0v) is 13.9. The molecular weight excluding hydrogens is 296 g/mol. The van der Waals surface area contributed by atoms with Gasteiger partial charge in [0.2, 0.25) is 5.91 Å². The summed E-state index contributed by atoms with van der Waals surface area (Å²) < 4.78 is 10.7. The SMILES string of the molecule is CC(C)(C)OC(=O)N(CC(=O)N1CCOCC1)c1ccccc1. The maximum absolute atomic E-state index is 12.5. The van der Waals surface area contributed by atoms with Crippen molar-refractivity contribution >= 4 is 17.7 Å². The van der Waals surface area contributed by atoms with E-state index in [4.69, 9.17) is 9.47 Å². The molecule has 6 heteroatoms. The van der Waals surface area contributed by atoms with E-state index in [9.17, 15) is 9.59 Å². The number of anilines is 1. The van der Waals surface area contributed by atoms with E-state index < -0.39 is 11.7 Å². The van der Waals surface area contributed by atoms with Crippen LogP contribution in [0.2, 0.25) is 0 Å². The van der Waals surface area contributed by atoms with Crippen LogP contribution in [0, 0.1) is 0 Å². The monoisotopic (exact) mass is 320 g/mol. The third kappa shape index (κ3) is 5.25. The molecule has 0 spiro atoms. The van der Waals surface area contributed by atoms with Gasteiger partial charge >= 0.3 is 6.09 Å². The molecular formula is C17H24N2O4. The van der Waals surface area contributed by atoms with Gasteiger partial charge in [-0.25, -0.2) is 4.79 Å². The Hall–Kier alpha value is -2.08. The van der Waals surface area contributed by atoms with Crippen LogP contribution in [-0.2, 0) is 14.3 Å². The number of carbonyl (C=O) groups is 2. The molecule has 0 atom stereocenters. The maximum atomic E-state index is 12.5. The van der Waals surface area contributed by atoms with Crippen molar-refractivity contribution in [1.82, 2.24) is 4.90 Å². The molecule has 1 aliphatic rings. The minimum atomic E-state index is -0.619. The van der Waals surface area contributed by atoms with Crippen molar-refractivity contribution in [3.63, 3.8) is 0 Å². The Morgan fingerprint density at radius 2 is 1.78 bits per heavy atom. The summed E-state index contributed by atoms with van der Waals surface area (Å²) in [5.41, 5.74) is 0.0231. The Labute approximate surface area is 137 Å². The summed E-state index contributed by atoms with van der Waals surface area (Å²) in [6.45, 7) is 7.53. The van der Waals surface area contributed by atoms with Crippen LogP contribution >= 0.6 is 0 Å². The van der Waals surface area contributed by atoms with E-state index in [1.54, 1.807) is 37.8 Å². The Balaban J connectivity index is 2.13. The summed E-state index contributed by atoms with van der Waals surface area (Å²) in [7, 11) is 0. The van der Waals surface area contributed by atoms with E-state index in [0.717, 1.165) is 0 Å². The minimum absolute atomic E-state index is 0.0427. The fourth-order valence-electron chi connectivity index (χ4n) is 2.23. The molecule has 1 saturated heterocycles. The summed E-state index contributed by atoms with van der Waals surface area (Å²) in [6.07, 6.45) is -0.523. The van der Waals surface area contributed by atoms with Crippen LogP contribution in [0.5, 0.6) is 0 Å². The summed E-state index contributed by atoms with van der Waals surface area (Å²) in [5, 5.41) is 0. The van der Waals surface area contributed by atoms with Crippen LogP contribution in [0.15, 0.2) is 30.3 Å². The zero-order valence-electron chi connectivity index (χ0n) is 13.9. The first kappa shape index (κ1) is 17.3. The highest BCUT2D eigenvalue weighted by atomic mass is 16.6. The largest absolute Gasteiger partial charge is 0.443 e. The van der Waals surface area contributed by atoms with Crippen LogP contribution in [0.25, 0.3) is 0 Å². The van der Waals surface area contributed by atoms with Crippen molar-refractivity contribution < 1.29 is 19.1 Å². The van der Waals surface area contributed by atoms with Crippen molar-refractivity contribution in [2.75, 3.05) is 37.7 Å². The van der Waals surface area contributed by atoms with E-state index in [0.29, 0.717) is 32.0 Å². The number of hydrogen-bond donors (Lipinski definition) is 0. The first-order valence-electron chi connectivity index (χ1n) is 7.78. The van der Waals surface area contributed by atoms with Crippen LogP contribution < -0.4 is 4.90 Å². The van der Waals surface area contributed by atoms with Gasteiger partial charge in [0.15, 0.2) is 0 Å². The highest BCUT2D eigenvalue weighted by Gasteiger charge is 2.27. The minimum Gasteiger partial charge on any atom is -0.443 e. The van der Waals surface area contributed by atoms with Gasteiger partial charge in [0.25, 0.3) is 0 Å². The van der Waals surface area contributed by atoms with Gasteiger partial charge in [0, 0.05) is 18.8 Å². The van der Waals surface area contributed by atoms with E-state index >= 15 is 0 Å². The Morgan fingerprint density at radius 1 is 1.17 bits per heavy atom. The zero-order chi connectivity index (χ0) is 16.9. The Bertz CT molecular complexity index is 533. The highest BCUT2D eigenvalue weighted by Crippen LogP contribution is 2.18. The summed E-state index contributed by atoms with van der Waals surface area (Å²) >= 11 is 0. The maximum Gasteiger partial charge on any atom is 0.415 e. The smallest absolute Gasteiger partial charge is 0.415 e. The lowest BCUT2D eigenvalue weighted by Crippen LogP contribution is -2.48. The van der Waals surface area contributed by atoms with Crippen LogP contribution in [-0.4, -0.2) is 55.3 Å². The van der Waals surface area contributed by atoms with Gasteiger partial charge in [-0.2, -0.15) is 0 Å². The molecule has 0 aromatic heterocycles. The van der Waals surface area contributed by atoms with E-state index in [2.05, 4.69) is 0 Å². The number of ether oxygens (including phenoxy) is 2. The number of amides is 2. The molecule has 23 heavy (non-hydrogen) atoms. The molecule has 1 aliphatic heterocycles. The highest BCUT2D eigenvalue weighted by molar-refractivity contribution is 5.95. The normalized spacial score (nSPS) is 15.2. The number of hydrogen-bond acceptors (Lipinski definition) is 4. The first-order valence-corrected chi connectivity index (χ1v) is 7.78. The number of nitrogens with zero attached hydrogens (tertiary/aromatic N) is 2. The van der Waals surface area contributed by atoms with Gasteiger partial charge in [-0.1, -0.05) is 18.2 Å². The molecule has 6 nitrogen and oxygen atoms in total. The third-order valence-corrected chi connectivity index (χ3v) is 3.34. The number of morpholine rings is 1. The van der Waals surface area contributed by atoms with E-state index in [-0.39, 0.29) is 12.5 Å². The molecule has 0 saturated carbocycles. The van der Waals surface area contributed by atoms with Gasteiger partial charge in [-0.05, 0) is 32.9 Å². The standard InChI is InChI=1S/C17H24N2O4/c1-17(2,3)23-16(21)19(14-7-5-4-6-8-14)13-15(20)18-9-11-22-12-10-18/h4-8H,9-13H2,1-3H3. The number of carbonyl (C=O) groups excluding carboxylic acids is 2. The van der Waals surface area contributed by atoms with Gasteiger partial charge in [-0.15, -0.1) is 0 Å². The lowest BCUT2D eigenvalue weighted by molar-refractivity contribution is -0.133. The molecule has 126 valence electrons. The lowest BCUT2D eigenvalue weighted by atomic mass is 10.2. The van der Waals surface area contributed by atoms with Crippen molar-refractivity contribution in [2.45, 2.75) is 26.4 Å². The Morgan fingerprint density at radius 3 is 2.35 bits per heavy atom. The number of benzene rings is 1. The fourth-order valence-corrected chi connectivity index (χ4v) is 2.23. The molecule has 0 bridgehead atoms. The second-order valence-electron chi connectivity index (χ2n) is 6.40. The predicted molar refractivity (Wildman–Crippen MR) is 87.4 cm³/mol. The quantitative estimate of drug-likeness (QED) is 0.857. The van der Waals surface area contributed by atoms with Crippen molar-refractivity contribution in [2.24, 2.45) is 0 Å². The molecule has 1 aromatic carbocycles. The molecule has 0 N–H and O–H groups in total. The number of para-hydroxylation sites is 1. The third-order valence-electron chi connectivity index (χ3n) is 3.34. The van der Waals surface area contributed by atoms with Gasteiger partial charge in [-0.3, -0.25) is 9.69 Å². The average molecular weight is 320 g/mol. The van der Waals surface area contributed by atoms with E-state index in [1.165, 1.54) is 4.90 Å². The fraction of sp³-hybridized carbons (Fsp3) is 0.529. The first-order chi connectivity index (χ1) is 10.9. The lowest BCUT2D eigenvalue weighted by Gasteiger charge is -2.31. The van der Waals surface area contributed by atoms with Crippen LogP contribution in [0.4, 0.5) is 10.5 Å². The molecule has 2 amide bonds. The molecule has 1 heterocycles. The molecule has 1 aromatic rings. The van der Waals surface area contributed by atoms with Crippen LogP contribution in [0.3, 0.4) is 0 Å². The predicted octanol–water partition coefficient (Wildman–Crippen LogP) is 2.29. The Kier molecular flexibility index (Phi) is 5.60. The molecule has 1 fully saturated rings.